The van der Waals surface area contributed by atoms with E-state index in [1.54, 1.807) is 24.0 Å². The number of hydrogen-bond acceptors (Lipinski definition) is 5. The van der Waals surface area contributed by atoms with E-state index in [4.69, 9.17) is 5.73 Å². The molecule has 1 aliphatic carbocycles. The molecule has 2 atom stereocenters. The summed E-state index contributed by atoms with van der Waals surface area (Å²) in [5.74, 6) is 0.0639. The molecule has 1 aromatic heterocycles. The van der Waals surface area contributed by atoms with E-state index in [9.17, 15) is 8.78 Å². The van der Waals surface area contributed by atoms with Crippen LogP contribution in [-0.2, 0) is 0 Å². The molecule has 0 unspecified atom stereocenters. The Hall–Kier alpha value is -1.89. The molecular weight excluding hydrogens is 318 g/mol. The van der Waals surface area contributed by atoms with Gasteiger partial charge in [-0.05, 0) is 30.5 Å². The number of thioether (sulfide) groups is 1. The molecule has 1 saturated carbocycles. The van der Waals surface area contributed by atoms with Crippen molar-refractivity contribution in [1.82, 2.24) is 9.97 Å². The highest BCUT2D eigenvalue weighted by molar-refractivity contribution is 7.99. The van der Waals surface area contributed by atoms with Crippen LogP contribution < -0.4 is 11.1 Å². The Labute approximate surface area is 137 Å². The lowest BCUT2D eigenvalue weighted by Gasteiger charge is -2.09. The molecule has 122 valence electrons. The van der Waals surface area contributed by atoms with Crippen molar-refractivity contribution in [3.63, 3.8) is 0 Å². The normalized spacial score (nSPS) is 19.6. The lowest BCUT2D eigenvalue weighted by molar-refractivity contribution is 0.507. The van der Waals surface area contributed by atoms with Crippen molar-refractivity contribution in [1.29, 1.82) is 0 Å². The van der Waals surface area contributed by atoms with Gasteiger partial charge in [-0.25, -0.2) is 18.7 Å². The molecule has 0 radical (unpaired) electrons. The van der Waals surface area contributed by atoms with Gasteiger partial charge in [0.25, 0.3) is 0 Å². The Morgan fingerprint density at radius 1 is 1.35 bits per heavy atom. The van der Waals surface area contributed by atoms with Crippen LogP contribution in [-0.4, -0.2) is 21.8 Å². The fourth-order valence-electron chi connectivity index (χ4n) is 2.40. The minimum absolute atomic E-state index is 0.126. The standard InChI is InChI=1S/C16H18F2N4S/c1-2-5-23-16-20-8-13(19)15(22-16)21-14-7-10(14)9-3-4-11(17)12(18)6-9/h3-4,6,8,10,14H,2,5,7,19H2,1H3,(H,20,21,22)/t10-,14+/m0/s1. The van der Waals surface area contributed by atoms with Crippen LogP contribution in [0.5, 0.6) is 0 Å². The summed E-state index contributed by atoms with van der Waals surface area (Å²) >= 11 is 1.58. The first-order valence-electron chi connectivity index (χ1n) is 7.55. The van der Waals surface area contributed by atoms with E-state index >= 15 is 0 Å². The van der Waals surface area contributed by atoms with Crippen LogP contribution in [0, 0.1) is 11.6 Å². The van der Waals surface area contributed by atoms with Crippen LogP contribution in [0.3, 0.4) is 0 Å². The molecule has 0 saturated heterocycles. The molecule has 0 spiro atoms. The van der Waals surface area contributed by atoms with Crippen molar-refractivity contribution in [3.05, 3.63) is 41.6 Å². The molecule has 23 heavy (non-hydrogen) atoms. The van der Waals surface area contributed by atoms with Crippen LogP contribution in [0.15, 0.2) is 29.6 Å². The molecular formula is C16H18F2N4S. The van der Waals surface area contributed by atoms with Gasteiger partial charge in [-0.2, -0.15) is 0 Å². The van der Waals surface area contributed by atoms with Crippen molar-refractivity contribution >= 4 is 23.3 Å². The number of nitrogen functional groups attached to an aromatic ring is 1. The smallest absolute Gasteiger partial charge is 0.189 e. The van der Waals surface area contributed by atoms with Crippen molar-refractivity contribution in [2.45, 2.75) is 36.9 Å². The maximum atomic E-state index is 13.3. The maximum Gasteiger partial charge on any atom is 0.189 e. The first-order chi connectivity index (χ1) is 11.1. The van der Waals surface area contributed by atoms with Gasteiger partial charge in [0, 0.05) is 17.7 Å². The van der Waals surface area contributed by atoms with E-state index in [1.165, 1.54) is 12.1 Å². The van der Waals surface area contributed by atoms with Crippen molar-refractivity contribution in [3.8, 4) is 0 Å². The van der Waals surface area contributed by atoms with Gasteiger partial charge < -0.3 is 11.1 Å². The van der Waals surface area contributed by atoms with Crippen molar-refractivity contribution in [2.24, 2.45) is 0 Å². The molecule has 1 fully saturated rings. The van der Waals surface area contributed by atoms with Crippen LogP contribution in [0.2, 0.25) is 0 Å². The Bertz CT molecular complexity index is 710. The third kappa shape index (κ3) is 3.72. The SMILES string of the molecule is CCCSc1ncc(N)c(N[C@@H]2C[C@H]2c2ccc(F)c(F)c2)n1. The fraction of sp³-hybridized carbons (Fsp3) is 0.375. The monoisotopic (exact) mass is 336 g/mol. The highest BCUT2D eigenvalue weighted by Gasteiger charge is 2.39. The summed E-state index contributed by atoms with van der Waals surface area (Å²) in [4.78, 5) is 8.63. The summed E-state index contributed by atoms with van der Waals surface area (Å²) in [6.07, 6.45) is 3.48. The Balaban J connectivity index is 1.67. The number of nitrogens with two attached hydrogens (primary N) is 1. The van der Waals surface area contributed by atoms with Gasteiger partial charge in [-0.1, -0.05) is 24.8 Å². The van der Waals surface area contributed by atoms with Gasteiger partial charge >= 0.3 is 0 Å². The molecule has 0 bridgehead atoms. The second kappa shape index (κ2) is 6.70. The van der Waals surface area contributed by atoms with E-state index < -0.39 is 11.6 Å². The molecule has 2 aromatic rings. The van der Waals surface area contributed by atoms with E-state index in [0.29, 0.717) is 16.7 Å². The third-order valence-electron chi connectivity index (χ3n) is 3.71. The maximum absolute atomic E-state index is 13.3. The minimum Gasteiger partial charge on any atom is -0.394 e. The van der Waals surface area contributed by atoms with Crippen molar-refractivity contribution in [2.75, 3.05) is 16.8 Å². The summed E-state index contributed by atoms with van der Waals surface area (Å²) in [5.41, 5.74) is 7.19. The van der Waals surface area contributed by atoms with E-state index in [1.807, 2.05) is 0 Å². The number of aromatic nitrogens is 2. The number of hydrogen-bond donors (Lipinski definition) is 2. The second-order valence-electron chi connectivity index (χ2n) is 5.57. The number of nitrogens with one attached hydrogen (secondary N) is 1. The lowest BCUT2D eigenvalue weighted by atomic mass is 10.1. The van der Waals surface area contributed by atoms with Crippen LogP contribution in [0.25, 0.3) is 0 Å². The summed E-state index contributed by atoms with van der Waals surface area (Å²) in [7, 11) is 0. The van der Waals surface area contributed by atoms with Gasteiger partial charge in [0.1, 0.15) is 0 Å². The van der Waals surface area contributed by atoms with E-state index in [-0.39, 0.29) is 12.0 Å². The molecule has 3 rings (SSSR count). The molecule has 0 aliphatic heterocycles. The highest BCUT2D eigenvalue weighted by atomic mass is 32.2. The molecule has 4 nitrogen and oxygen atoms in total. The van der Waals surface area contributed by atoms with E-state index in [2.05, 4.69) is 22.2 Å². The molecule has 1 aromatic carbocycles. The topological polar surface area (TPSA) is 63.8 Å². The second-order valence-corrected chi connectivity index (χ2v) is 6.63. The largest absolute Gasteiger partial charge is 0.394 e. The average Bonchev–Trinajstić information content (AvgIpc) is 3.30. The molecule has 0 amide bonds. The lowest BCUT2D eigenvalue weighted by Crippen LogP contribution is -2.09. The van der Waals surface area contributed by atoms with Crippen LogP contribution >= 0.6 is 11.8 Å². The van der Waals surface area contributed by atoms with Gasteiger partial charge in [-0.15, -0.1) is 0 Å². The average molecular weight is 336 g/mol. The highest BCUT2D eigenvalue weighted by Crippen LogP contribution is 2.43. The quantitative estimate of drug-likeness (QED) is 0.620. The van der Waals surface area contributed by atoms with E-state index in [0.717, 1.165) is 24.2 Å². The van der Waals surface area contributed by atoms with Gasteiger partial charge in [0.05, 0.1) is 11.9 Å². The fourth-order valence-corrected chi connectivity index (χ4v) is 3.06. The third-order valence-corrected chi connectivity index (χ3v) is 4.78. The molecule has 3 N–H and O–H groups in total. The summed E-state index contributed by atoms with van der Waals surface area (Å²) in [5, 5.41) is 3.97. The number of anilines is 2. The zero-order chi connectivity index (χ0) is 16.4. The number of rotatable bonds is 6. The minimum atomic E-state index is -0.823. The summed E-state index contributed by atoms with van der Waals surface area (Å²) in [6, 6.07) is 4.17. The summed E-state index contributed by atoms with van der Waals surface area (Å²) in [6.45, 7) is 2.10. The Morgan fingerprint density at radius 2 is 2.17 bits per heavy atom. The molecule has 1 heterocycles. The molecule has 1 aliphatic rings. The number of nitrogens with zero attached hydrogens (tertiary/aromatic N) is 2. The van der Waals surface area contributed by atoms with Gasteiger partial charge in [-0.3, -0.25) is 0 Å². The number of halogens is 2. The predicted molar refractivity (Wildman–Crippen MR) is 88.6 cm³/mol. The van der Waals surface area contributed by atoms with Crippen molar-refractivity contribution < 1.29 is 8.78 Å². The van der Waals surface area contributed by atoms with Crippen LogP contribution in [0.1, 0.15) is 31.2 Å². The zero-order valence-corrected chi connectivity index (χ0v) is 13.5. The first-order valence-corrected chi connectivity index (χ1v) is 8.54. The first kappa shape index (κ1) is 16.0. The molecule has 7 heteroatoms. The van der Waals surface area contributed by atoms with Gasteiger partial charge in [0.2, 0.25) is 0 Å². The number of benzene rings is 1. The van der Waals surface area contributed by atoms with Gasteiger partial charge in [0.15, 0.2) is 22.6 Å². The Morgan fingerprint density at radius 3 is 2.91 bits per heavy atom. The van der Waals surface area contributed by atoms with Crippen LogP contribution in [0.4, 0.5) is 20.3 Å². The Kier molecular flexibility index (Phi) is 4.66. The zero-order valence-electron chi connectivity index (χ0n) is 12.7. The predicted octanol–water partition coefficient (Wildman–Crippen LogP) is 3.81. The summed E-state index contributed by atoms with van der Waals surface area (Å²) < 4.78 is 26.3.